The summed E-state index contributed by atoms with van der Waals surface area (Å²) in [6, 6.07) is 6.67. The van der Waals surface area contributed by atoms with Crippen LogP contribution in [0.3, 0.4) is 0 Å². The van der Waals surface area contributed by atoms with Gasteiger partial charge in [-0.1, -0.05) is 41.4 Å². The van der Waals surface area contributed by atoms with Gasteiger partial charge in [0.25, 0.3) is 0 Å². The van der Waals surface area contributed by atoms with Crippen LogP contribution in [0.15, 0.2) is 36.4 Å². The predicted octanol–water partition coefficient (Wildman–Crippen LogP) is 4.91. The van der Waals surface area contributed by atoms with Gasteiger partial charge in [0.1, 0.15) is 17.7 Å². The van der Waals surface area contributed by atoms with E-state index in [1.807, 2.05) is 0 Å². The molecule has 25 heavy (non-hydrogen) atoms. The smallest absolute Gasteiger partial charge is 0.320 e. The molecule has 0 amide bonds. The van der Waals surface area contributed by atoms with E-state index in [2.05, 4.69) is 0 Å². The van der Waals surface area contributed by atoms with Crippen LogP contribution in [0.25, 0.3) is 0 Å². The van der Waals surface area contributed by atoms with Crippen LogP contribution in [0.5, 0.6) is 0 Å². The minimum absolute atomic E-state index is 0.165. The highest BCUT2D eigenvalue weighted by atomic mass is 35.5. The molecule has 3 rings (SSSR count). The summed E-state index contributed by atoms with van der Waals surface area (Å²) in [5, 5.41) is 10.0. The third kappa shape index (κ3) is 3.50. The van der Waals surface area contributed by atoms with E-state index >= 15 is 0 Å². The van der Waals surface area contributed by atoms with Crippen molar-refractivity contribution in [2.24, 2.45) is 0 Å². The molecule has 2 aromatic rings. The van der Waals surface area contributed by atoms with Gasteiger partial charge in [0.15, 0.2) is 0 Å². The molecule has 132 valence electrons. The lowest BCUT2D eigenvalue weighted by atomic mass is 9.95. The van der Waals surface area contributed by atoms with Gasteiger partial charge in [-0.2, -0.15) is 0 Å². The zero-order valence-corrected chi connectivity index (χ0v) is 14.6. The number of hydrogen-bond acceptors (Lipinski definition) is 2. The predicted molar refractivity (Wildman–Crippen MR) is 92.0 cm³/mol. The summed E-state index contributed by atoms with van der Waals surface area (Å²) in [5.74, 6) is -2.44. The van der Waals surface area contributed by atoms with E-state index in [0.717, 1.165) is 12.1 Å². The summed E-state index contributed by atoms with van der Waals surface area (Å²) >= 11 is 12.4. The number of aliphatic carboxylic acids is 1. The Kier molecular flexibility index (Phi) is 5.27. The second kappa shape index (κ2) is 7.28. The van der Waals surface area contributed by atoms with Crippen molar-refractivity contribution in [1.82, 2.24) is 4.90 Å². The molecule has 1 aliphatic rings. The molecule has 0 radical (unpaired) electrons. The van der Waals surface area contributed by atoms with Crippen LogP contribution in [0.1, 0.15) is 30.0 Å². The highest BCUT2D eigenvalue weighted by Gasteiger charge is 2.38. The first-order chi connectivity index (χ1) is 11.9. The summed E-state index contributed by atoms with van der Waals surface area (Å²) in [6.45, 7) is 0.460. The number of hydrogen-bond donors (Lipinski definition) is 1. The van der Waals surface area contributed by atoms with Gasteiger partial charge in [0.05, 0.1) is 16.1 Å². The number of rotatable bonds is 4. The van der Waals surface area contributed by atoms with E-state index < -0.39 is 29.7 Å². The van der Waals surface area contributed by atoms with E-state index in [4.69, 9.17) is 23.2 Å². The molecule has 0 bridgehead atoms. The first-order valence-electron chi connectivity index (χ1n) is 7.77. The highest BCUT2D eigenvalue weighted by Crippen LogP contribution is 2.41. The zero-order valence-electron chi connectivity index (χ0n) is 13.1. The van der Waals surface area contributed by atoms with Gasteiger partial charge in [-0.25, -0.2) is 8.78 Å². The van der Waals surface area contributed by atoms with Crippen LogP contribution in [0.4, 0.5) is 8.78 Å². The van der Waals surface area contributed by atoms with Crippen LogP contribution in [-0.4, -0.2) is 28.6 Å². The Hall–Kier alpha value is -1.69. The van der Waals surface area contributed by atoms with Crippen LogP contribution in [0, 0.1) is 11.6 Å². The lowest BCUT2D eigenvalue weighted by Crippen LogP contribution is -2.39. The van der Waals surface area contributed by atoms with Crippen molar-refractivity contribution in [3.05, 3.63) is 69.2 Å². The van der Waals surface area contributed by atoms with Crippen molar-refractivity contribution in [2.45, 2.75) is 24.9 Å². The lowest BCUT2D eigenvalue weighted by Gasteiger charge is -2.32. The summed E-state index contributed by atoms with van der Waals surface area (Å²) in [5.41, 5.74) is 0.659. The van der Waals surface area contributed by atoms with Crippen molar-refractivity contribution < 1.29 is 18.7 Å². The van der Waals surface area contributed by atoms with Crippen LogP contribution in [-0.2, 0) is 4.79 Å². The number of benzene rings is 2. The van der Waals surface area contributed by atoms with Crippen molar-refractivity contribution in [2.75, 3.05) is 6.54 Å². The fraction of sp³-hybridized carbons (Fsp3) is 0.278. The number of nitrogens with zero attached hydrogens (tertiary/aromatic N) is 1. The lowest BCUT2D eigenvalue weighted by molar-refractivity contribution is -0.142. The van der Waals surface area contributed by atoms with Crippen molar-refractivity contribution in [1.29, 1.82) is 0 Å². The summed E-state index contributed by atoms with van der Waals surface area (Å²) in [7, 11) is 0. The van der Waals surface area contributed by atoms with Crippen LogP contribution in [0.2, 0.25) is 10.0 Å². The molecule has 2 atom stereocenters. The minimum atomic E-state index is -0.983. The second-order valence-electron chi connectivity index (χ2n) is 5.95. The third-order valence-corrected chi connectivity index (χ3v) is 5.28. The first-order valence-corrected chi connectivity index (χ1v) is 8.53. The normalized spacial score (nSPS) is 19.1. The zero-order chi connectivity index (χ0) is 18.1. The monoisotopic (exact) mass is 385 g/mol. The molecule has 1 saturated heterocycles. The Labute approximate surface area is 153 Å². The Morgan fingerprint density at radius 3 is 2.64 bits per heavy atom. The first kappa shape index (κ1) is 18.1. The van der Waals surface area contributed by atoms with Crippen molar-refractivity contribution >= 4 is 29.2 Å². The molecule has 0 spiro atoms. The van der Waals surface area contributed by atoms with Crippen LogP contribution >= 0.6 is 23.2 Å². The second-order valence-corrected chi connectivity index (χ2v) is 6.73. The summed E-state index contributed by atoms with van der Waals surface area (Å²) in [6.07, 6.45) is 1.11. The molecule has 2 aromatic carbocycles. The fourth-order valence-electron chi connectivity index (χ4n) is 3.34. The maximum absolute atomic E-state index is 14.5. The fourth-order valence-corrected chi connectivity index (χ4v) is 3.75. The van der Waals surface area contributed by atoms with Crippen molar-refractivity contribution in [3.63, 3.8) is 0 Å². The standard InChI is InChI=1S/C18H15Cl2F2NO2/c19-13-4-1-3-12(16(13)20)17(11-7-6-10(21)9-14(11)22)23-8-2-5-15(23)18(24)25/h1,3-4,6-7,9,15,17H,2,5,8H2,(H,24,25). The van der Waals surface area contributed by atoms with Gasteiger partial charge in [0, 0.05) is 18.2 Å². The number of likely N-dealkylation sites (tertiary alicyclic amines) is 1. The Bertz CT molecular complexity index is 816. The molecule has 0 aromatic heterocycles. The molecule has 1 fully saturated rings. The highest BCUT2D eigenvalue weighted by molar-refractivity contribution is 6.42. The van der Waals surface area contributed by atoms with E-state index in [9.17, 15) is 18.7 Å². The largest absolute Gasteiger partial charge is 0.480 e. The number of carboxylic acid groups (broad SMARTS) is 1. The average molecular weight is 386 g/mol. The molecule has 2 unspecified atom stereocenters. The van der Waals surface area contributed by atoms with Crippen molar-refractivity contribution in [3.8, 4) is 0 Å². The molecule has 1 N–H and O–H groups in total. The van der Waals surface area contributed by atoms with E-state index in [-0.39, 0.29) is 15.6 Å². The summed E-state index contributed by atoms with van der Waals surface area (Å²) < 4.78 is 27.9. The molecular weight excluding hydrogens is 371 g/mol. The molecule has 1 aliphatic heterocycles. The van der Waals surface area contributed by atoms with E-state index in [1.54, 1.807) is 23.1 Å². The number of carbonyl (C=O) groups is 1. The van der Waals surface area contributed by atoms with Crippen LogP contribution < -0.4 is 0 Å². The molecule has 7 heteroatoms. The minimum Gasteiger partial charge on any atom is -0.480 e. The third-order valence-electron chi connectivity index (χ3n) is 4.44. The van der Waals surface area contributed by atoms with Gasteiger partial charge < -0.3 is 5.11 Å². The Morgan fingerprint density at radius 2 is 1.96 bits per heavy atom. The SMILES string of the molecule is O=C(O)C1CCCN1C(c1ccc(F)cc1F)c1cccc(Cl)c1Cl. The maximum atomic E-state index is 14.5. The van der Waals surface area contributed by atoms with Gasteiger partial charge in [-0.3, -0.25) is 9.69 Å². The Balaban J connectivity index is 2.18. The number of halogens is 4. The average Bonchev–Trinajstić information content (AvgIpc) is 3.03. The van der Waals surface area contributed by atoms with E-state index in [1.165, 1.54) is 6.07 Å². The molecule has 0 saturated carbocycles. The van der Waals surface area contributed by atoms with E-state index in [0.29, 0.717) is 24.9 Å². The maximum Gasteiger partial charge on any atom is 0.320 e. The van der Waals surface area contributed by atoms with Gasteiger partial charge in [-0.15, -0.1) is 0 Å². The van der Waals surface area contributed by atoms with Gasteiger partial charge in [-0.05, 0) is 30.5 Å². The Morgan fingerprint density at radius 1 is 1.20 bits per heavy atom. The molecule has 3 nitrogen and oxygen atoms in total. The topological polar surface area (TPSA) is 40.5 Å². The molecule has 0 aliphatic carbocycles. The molecular formula is C18H15Cl2F2NO2. The quantitative estimate of drug-likeness (QED) is 0.812. The van der Waals surface area contributed by atoms with Gasteiger partial charge in [0.2, 0.25) is 0 Å². The van der Waals surface area contributed by atoms with Gasteiger partial charge >= 0.3 is 5.97 Å². The summed E-state index contributed by atoms with van der Waals surface area (Å²) in [4.78, 5) is 13.3. The molecule has 1 heterocycles. The number of carboxylic acids is 1.